The summed E-state index contributed by atoms with van der Waals surface area (Å²) in [6.45, 7) is 8.43. The van der Waals surface area contributed by atoms with Crippen molar-refractivity contribution in [2.45, 2.75) is 39.8 Å². The maximum absolute atomic E-state index is 5.81. The summed E-state index contributed by atoms with van der Waals surface area (Å²) in [5.74, 6) is 2.65. The largest absolute Gasteiger partial charge is 0.496 e. The summed E-state index contributed by atoms with van der Waals surface area (Å²) in [6, 6.07) is 4.13. The van der Waals surface area contributed by atoms with Crippen LogP contribution in [0.25, 0.3) is 0 Å². The van der Waals surface area contributed by atoms with Crippen molar-refractivity contribution in [2.24, 2.45) is 4.99 Å². The van der Waals surface area contributed by atoms with E-state index in [1.807, 2.05) is 0 Å². The molecule has 1 atom stereocenters. The van der Waals surface area contributed by atoms with E-state index in [-0.39, 0.29) is 6.10 Å². The molecule has 0 aliphatic carbocycles. The Morgan fingerprint density at radius 2 is 2.05 bits per heavy atom. The number of fused-ring (bicyclic) bond motifs is 1. The van der Waals surface area contributed by atoms with E-state index in [0.29, 0.717) is 6.54 Å². The molecular weight excluding hydrogens is 266 g/mol. The molecule has 2 N–H and O–H groups in total. The number of guanidine groups is 1. The summed E-state index contributed by atoms with van der Waals surface area (Å²) in [4.78, 5) is 4.59. The van der Waals surface area contributed by atoms with Crippen LogP contribution in [0, 0.1) is 0 Å². The maximum Gasteiger partial charge on any atom is 0.191 e. The number of rotatable bonds is 5. The number of nitrogens with one attached hydrogen (secondary N) is 2. The van der Waals surface area contributed by atoms with Crippen LogP contribution in [0.1, 0.15) is 31.9 Å². The van der Waals surface area contributed by atoms with Gasteiger partial charge in [-0.15, -0.1) is 0 Å². The van der Waals surface area contributed by atoms with Crippen molar-refractivity contribution in [1.29, 1.82) is 0 Å². The normalized spacial score (nSPS) is 15.9. The van der Waals surface area contributed by atoms with Gasteiger partial charge in [0.25, 0.3) is 0 Å². The average molecular weight is 291 g/mol. The molecule has 1 aliphatic heterocycles. The lowest BCUT2D eigenvalue weighted by Crippen LogP contribution is -2.36. The molecule has 0 unspecified atom stereocenters. The van der Waals surface area contributed by atoms with Crippen LogP contribution in [0.4, 0.5) is 0 Å². The van der Waals surface area contributed by atoms with Gasteiger partial charge in [0, 0.05) is 30.6 Å². The van der Waals surface area contributed by atoms with E-state index < -0.39 is 0 Å². The molecule has 1 aromatic carbocycles. The highest BCUT2D eigenvalue weighted by Gasteiger charge is 2.21. The minimum absolute atomic E-state index is 0.238. The van der Waals surface area contributed by atoms with Crippen LogP contribution in [0.15, 0.2) is 17.1 Å². The van der Waals surface area contributed by atoms with Crippen LogP contribution >= 0.6 is 0 Å². The number of nitrogens with zero attached hydrogens (tertiary/aromatic N) is 1. The second-order valence-electron chi connectivity index (χ2n) is 5.13. The van der Waals surface area contributed by atoms with Crippen molar-refractivity contribution < 1.29 is 9.47 Å². The maximum atomic E-state index is 5.81. The quantitative estimate of drug-likeness (QED) is 0.644. The Morgan fingerprint density at radius 3 is 2.67 bits per heavy atom. The molecule has 1 aliphatic rings. The summed E-state index contributed by atoms with van der Waals surface area (Å²) >= 11 is 0. The summed E-state index contributed by atoms with van der Waals surface area (Å²) in [5.41, 5.74) is 2.25. The van der Waals surface area contributed by atoms with Gasteiger partial charge in [0.15, 0.2) is 5.96 Å². The average Bonchev–Trinajstić information content (AvgIpc) is 2.83. The molecule has 0 spiro atoms. The monoisotopic (exact) mass is 291 g/mol. The third-order valence-electron chi connectivity index (χ3n) is 3.40. The first-order valence-corrected chi connectivity index (χ1v) is 7.56. The van der Waals surface area contributed by atoms with Crippen LogP contribution < -0.4 is 20.1 Å². The highest BCUT2D eigenvalue weighted by molar-refractivity contribution is 5.79. The number of benzene rings is 1. The first-order valence-electron chi connectivity index (χ1n) is 7.56. The zero-order valence-corrected chi connectivity index (χ0v) is 13.3. The lowest BCUT2D eigenvalue weighted by Gasteiger charge is -2.12. The molecule has 0 saturated heterocycles. The molecular formula is C16H25N3O2. The smallest absolute Gasteiger partial charge is 0.191 e. The van der Waals surface area contributed by atoms with E-state index in [0.717, 1.165) is 42.5 Å². The Hall–Kier alpha value is -1.91. The first-order chi connectivity index (χ1) is 10.2. The van der Waals surface area contributed by atoms with E-state index in [2.05, 4.69) is 48.5 Å². The molecule has 0 saturated carbocycles. The molecule has 1 aromatic rings. The lowest BCUT2D eigenvalue weighted by molar-refractivity contribution is 0.254. The molecule has 0 bridgehead atoms. The van der Waals surface area contributed by atoms with Gasteiger partial charge in [-0.1, -0.05) is 0 Å². The van der Waals surface area contributed by atoms with Gasteiger partial charge in [-0.25, -0.2) is 4.99 Å². The summed E-state index contributed by atoms with van der Waals surface area (Å²) in [7, 11) is 1.70. The molecule has 5 nitrogen and oxygen atoms in total. The van der Waals surface area contributed by atoms with E-state index in [1.54, 1.807) is 7.11 Å². The van der Waals surface area contributed by atoms with Gasteiger partial charge in [-0.05, 0) is 32.9 Å². The fraction of sp³-hybridized carbons (Fsp3) is 0.562. The van der Waals surface area contributed by atoms with E-state index in [1.165, 1.54) is 5.56 Å². The minimum atomic E-state index is 0.238. The summed E-state index contributed by atoms with van der Waals surface area (Å²) in [5, 5.41) is 6.43. The third-order valence-corrected chi connectivity index (χ3v) is 3.40. The molecule has 0 amide bonds. The van der Waals surface area contributed by atoms with Crippen LogP contribution in [-0.2, 0) is 13.0 Å². The van der Waals surface area contributed by atoms with Crippen molar-refractivity contribution in [1.82, 2.24) is 10.6 Å². The predicted molar refractivity (Wildman–Crippen MR) is 85.3 cm³/mol. The Kier molecular flexibility index (Phi) is 5.31. The van der Waals surface area contributed by atoms with Crippen LogP contribution in [0.5, 0.6) is 11.5 Å². The minimum Gasteiger partial charge on any atom is -0.496 e. The van der Waals surface area contributed by atoms with Crippen LogP contribution in [0.3, 0.4) is 0 Å². The number of ether oxygens (including phenoxy) is 2. The molecule has 116 valence electrons. The van der Waals surface area contributed by atoms with Gasteiger partial charge in [-0.3, -0.25) is 0 Å². The zero-order valence-electron chi connectivity index (χ0n) is 13.3. The van der Waals surface area contributed by atoms with Crippen molar-refractivity contribution in [3.05, 3.63) is 23.3 Å². The molecule has 21 heavy (non-hydrogen) atoms. The Bertz CT molecular complexity index is 506. The van der Waals surface area contributed by atoms with E-state index in [4.69, 9.17) is 9.47 Å². The second-order valence-corrected chi connectivity index (χ2v) is 5.13. The van der Waals surface area contributed by atoms with Gasteiger partial charge in [0.1, 0.15) is 17.6 Å². The van der Waals surface area contributed by atoms with E-state index >= 15 is 0 Å². The van der Waals surface area contributed by atoms with E-state index in [9.17, 15) is 0 Å². The Labute approximate surface area is 126 Å². The first kappa shape index (κ1) is 15.5. The lowest BCUT2D eigenvalue weighted by atomic mass is 10.1. The van der Waals surface area contributed by atoms with Crippen molar-refractivity contribution in [3.63, 3.8) is 0 Å². The summed E-state index contributed by atoms with van der Waals surface area (Å²) in [6.07, 6.45) is 1.18. The molecule has 5 heteroatoms. The summed E-state index contributed by atoms with van der Waals surface area (Å²) < 4.78 is 11.3. The molecule has 0 radical (unpaired) electrons. The molecule has 1 heterocycles. The van der Waals surface area contributed by atoms with Crippen LogP contribution in [0.2, 0.25) is 0 Å². The Balaban J connectivity index is 2.19. The number of methoxy groups -OCH3 is 1. The fourth-order valence-electron chi connectivity index (χ4n) is 2.47. The van der Waals surface area contributed by atoms with Crippen LogP contribution in [-0.4, -0.2) is 32.3 Å². The fourth-order valence-corrected chi connectivity index (χ4v) is 2.47. The van der Waals surface area contributed by atoms with Gasteiger partial charge in [0.2, 0.25) is 0 Å². The van der Waals surface area contributed by atoms with Crippen molar-refractivity contribution >= 4 is 5.96 Å². The topological polar surface area (TPSA) is 54.9 Å². The molecule has 2 rings (SSSR count). The SMILES string of the molecule is CCNC(=NCc1cc2c(cc1OC)C[C@H](C)O2)NCC. The standard InChI is InChI=1S/C16H25N3O2/c1-5-17-16(18-6-2)19-10-13-9-15-12(7-11(3)21-15)8-14(13)20-4/h8-9,11H,5-7,10H2,1-4H3,(H2,17,18,19)/t11-/m0/s1. The van der Waals surface area contributed by atoms with Gasteiger partial charge in [0.05, 0.1) is 13.7 Å². The highest BCUT2D eigenvalue weighted by atomic mass is 16.5. The number of hydrogen-bond acceptors (Lipinski definition) is 3. The van der Waals surface area contributed by atoms with Gasteiger partial charge >= 0.3 is 0 Å². The molecule has 0 aromatic heterocycles. The predicted octanol–water partition coefficient (Wildman–Crippen LogP) is 2.09. The molecule has 0 fully saturated rings. The Morgan fingerprint density at radius 1 is 1.33 bits per heavy atom. The number of hydrogen-bond donors (Lipinski definition) is 2. The van der Waals surface area contributed by atoms with Gasteiger partial charge in [-0.2, -0.15) is 0 Å². The second kappa shape index (κ2) is 7.20. The van der Waals surface area contributed by atoms with Gasteiger partial charge < -0.3 is 20.1 Å². The zero-order chi connectivity index (χ0) is 15.2. The number of aliphatic imine (C=N–C) groups is 1. The third kappa shape index (κ3) is 3.80. The highest BCUT2D eigenvalue weighted by Crippen LogP contribution is 2.35. The van der Waals surface area contributed by atoms with Crippen molar-refractivity contribution in [3.8, 4) is 11.5 Å². The van der Waals surface area contributed by atoms with Crippen molar-refractivity contribution in [2.75, 3.05) is 20.2 Å².